The maximum absolute atomic E-state index is 15.2. The van der Waals surface area contributed by atoms with Crippen LogP contribution in [0.3, 0.4) is 0 Å². The summed E-state index contributed by atoms with van der Waals surface area (Å²) < 4.78 is 0. The van der Waals surface area contributed by atoms with Gasteiger partial charge in [0.15, 0.2) is 11.6 Å². The molecule has 0 saturated heterocycles. The Labute approximate surface area is 370 Å². The van der Waals surface area contributed by atoms with Gasteiger partial charge in [0.2, 0.25) is 0 Å². The Morgan fingerprint density at radius 2 is 0.652 bits per heavy atom. The number of carboxylic acid groups (broad SMARTS) is 2. The number of aromatic hydroxyl groups is 2. The highest BCUT2D eigenvalue weighted by atomic mass is 16.4. The van der Waals surface area contributed by atoms with Crippen LogP contribution in [-0.4, -0.2) is 43.9 Å². The fourth-order valence-electron chi connectivity index (χ4n) is 12.4. The average molecular weight is 853 g/mol. The van der Waals surface area contributed by atoms with Crippen LogP contribution in [0.5, 0.6) is 11.5 Å². The van der Waals surface area contributed by atoms with E-state index in [0.717, 1.165) is 144 Å². The van der Waals surface area contributed by atoms with Crippen molar-refractivity contribution in [3.05, 3.63) is 166 Å². The van der Waals surface area contributed by atoms with Crippen LogP contribution in [0.4, 0.5) is 0 Å². The summed E-state index contributed by atoms with van der Waals surface area (Å²) in [6.07, 6.45) is 1.46. The number of carboxylic acids is 2. The third kappa shape index (κ3) is 4.07. The first-order valence-electron chi connectivity index (χ1n) is 21.8. The number of hydrogen-bond acceptors (Lipinski definition) is 6. The zero-order chi connectivity index (χ0) is 44.3. The predicted octanol–water partition coefficient (Wildman–Crippen LogP) is 12.9. The molecule has 0 unspecified atom stereocenters. The second kappa shape index (κ2) is 11.6. The van der Waals surface area contributed by atoms with Crippen LogP contribution in [-0.2, 0) is 12.8 Å². The third-order valence-corrected chi connectivity index (χ3v) is 15.1. The molecule has 0 spiro atoms. The first kappa shape index (κ1) is 35.6. The highest BCUT2D eigenvalue weighted by molar-refractivity contribution is 6.47. The quantitative estimate of drug-likeness (QED) is 0.0734. The zero-order valence-electron chi connectivity index (χ0n) is 34.4. The molecule has 8 heteroatoms. The predicted molar refractivity (Wildman–Crippen MR) is 259 cm³/mol. The summed E-state index contributed by atoms with van der Waals surface area (Å²) in [6, 6.07) is 36.5. The lowest BCUT2D eigenvalue weighted by Crippen LogP contribution is -2.17. The van der Waals surface area contributed by atoms with E-state index in [9.17, 15) is 30.0 Å². The van der Waals surface area contributed by atoms with Gasteiger partial charge in [0.1, 0.15) is 11.5 Å². The smallest absolute Gasteiger partial charge is 0.336 e. The van der Waals surface area contributed by atoms with Gasteiger partial charge >= 0.3 is 11.9 Å². The number of ketones is 2. The van der Waals surface area contributed by atoms with Crippen LogP contribution in [0, 0.1) is 0 Å². The topological polar surface area (TPSA) is 149 Å². The molecule has 66 heavy (non-hydrogen) atoms. The standard InChI is InChI=1S/C58H28O8/c59-41-19-29-7-3-23-9-13-31-35(17-27-5-1-25-11-15-33(41)53-45(25)47(27)51(31)43(23)49(29)53)55(61)37-21-40(58(65)66)38(22-39(37)57(63)64)56(62)36-18-28-6-2-26-12-16-34-42(60)20-30-8-4-24-10-14-32(36)52-44(24)50(30)54(34)46(26)48(28)52/h1-3,5-7,9-22,59-60H,4,8H2,(H,63,64)(H,65,66). The van der Waals surface area contributed by atoms with Crippen LogP contribution in [0.1, 0.15) is 63.7 Å². The maximum atomic E-state index is 15.2. The summed E-state index contributed by atoms with van der Waals surface area (Å²) in [5.41, 5.74) is 0.845. The van der Waals surface area contributed by atoms with Gasteiger partial charge in [-0.2, -0.15) is 0 Å². The van der Waals surface area contributed by atoms with Crippen LogP contribution >= 0.6 is 0 Å². The summed E-state index contributed by atoms with van der Waals surface area (Å²) in [6.45, 7) is 0. The number of carbonyl (C=O) groups is 4. The summed E-state index contributed by atoms with van der Waals surface area (Å²) in [5.74, 6) is -3.96. The fraction of sp³-hybridized carbons (Fsp3) is 0.0345. The molecule has 1 aliphatic carbocycles. The van der Waals surface area contributed by atoms with E-state index < -0.39 is 34.6 Å². The van der Waals surface area contributed by atoms with Crippen molar-refractivity contribution >= 4 is 142 Å². The Hall–Kier alpha value is -8.88. The third-order valence-electron chi connectivity index (χ3n) is 15.1. The van der Waals surface area contributed by atoms with Gasteiger partial charge in [-0.25, -0.2) is 9.59 Å². The molecule has 4 N–H and O–H groups in total. The van der Waals surface area contributed by atoms with E-state index in [1.54, 1.807) is 18.2 Å². The van der Waals surface area contributed by atoms with Crippen molar-refractivity contribution in [3.63, 3.8) is 0 Å². The Kier molecular flexibility index (Phi) is 6.26. The van der Waals surface area contributed by atoms with Gasteiger partial charge in [-0.15, -0.1) is 0 Å². The number of aryl methyl sites for hydroxylation is 2. The number of phenolic OH excluding ortho intramolecular Hbond substituents is 2. The van der Waals surface area contributed by atoms with Crippen molar-refractivity contribution in [3.8, 4) is 11.5 Å². The molecule has 8 nitrogen and oxygen atoms in total. The van der Waals surface area contributed by atoms with Gasteiger partial charge < -0.3 is 20.4 Å². The first-order valence-corrected chi connectivity index (χ1v) is 21.8. The molecular formula is C58H28O8. The van der Waals surface area contributed by atoms with Crippen molar-refractivity contribution < 1.29 is 39.6 Å². The summed E-state index contributed by atoms with van der Waals surface area (Å²) in [4.78, 5) is 57.1. The molecule has 14 aromatic carbocycles. The van der Waals surface area contributed by atoms with Gasteiger partial charge in [-0.3, -0.25) is 9.59 Å². The molecular weight excluding hydrogens is 825 g/mol. The number of phenols is 2. The lowest BCUT2D eigenvalue weighted by molar-refractivity contribution is 0.0677. The highest BCUT2D eigenvalue weighted by Crippen LogP contribution is 2.53. The Morgan fingerprint density at radius 1 is 0.303 bits per heavy atom. The molecule has 308 valence electrons. The molecule has 0 fully saturated rings. The second-order valence-electron chi connectivity index (χ2n) is 18.2. The van der Waals surface area contributed by atoms with Gasteiger partial charge in [-0.05, 0) is 157 Å². The molecule has 0 amide bonds. The van der Waals surface area contributed by atoms with Gasteiger partial charge in [0.25, 0.3) is 0 Å². The van der Waals surface area contributed by atoms with Crippen molar-refractivity contribution in [1.29, 1.82) is 0 Å². The minimum Gasteiger partial charge on any atom is -0.507 e. The summed E-state index contributed by atoms with van der Waals surface area (Å²) in [5, 5.41) is 63.1. The van der Waals surface area contributed by atoms with Crippen LogP contribution in [0.15, 0.2) is 121 Å². The molecule has 0 aromatic heterocycles. The molecule has 0 radical (unpaired) electrons. The molecule has 0 saturated carbocycles. The molecule has 0 atom stereocenters. The van der Waals surface area contributed by atoms with Crippen molar-refractivity contribution in [2.45, 2.75) is 12.8 Å². The molecule has 0 heterocycles. The normalized spacial score (nSPS) is 13.2. The lowest BCUT2D eigenvalue weighted by atomic mass is 9.77. The molecule has 15 rings (SSSR count). The minimum atomic E-state index is -1.49. The number of hydrogen-bond donors (Lipinski definition) is 4. The maximum Gasteiger partial charge on any atom is 0.336 e. The molecule has 14 aromatic rings. The lowest BCUT2D eigenvalue weighted by Gasteiger charge is -2.26. The zero-order valence-corrected chi connectivity index (χ0v) is 34.4. The van der Waals surface area contributed by atoms with Crippen LogP contribution < -0.4 is 0 Å². The average Bonchev–Trinajstić information content (AvgIpc) is 3.33. The van der Waals surface area contributed by atoms with E-state index in [1.807, 2.05) is 91.0 Å². The molecule has 0 aliphatic heterocycles. The Morgan fingerprint density at radius 3 is 1.17 bits per heavy atom. The van der Waals surface area contributed by atoms with E-state index in [4.69, 9.17) is 0 Å². The van der Waals surface area contributed by atoms with Crippen LogP contribution in [0.2, 0.25) is 0 Å². The Balaban J connectivity index is 0.970. The van der Waals surface area contributed by atoms with E-state index >= 15 is 9.59 Å². The van der Waals surface area contributed by atoms with Crippen molar-refractivity contribution in [1.82, 2.24) is 0 Å². The number of rotatable bonds is 6. The van der Waals surface area contributed by atoms with Crippen molar-refractivity contribution in [2.75, 3.05) is 0 Å². The van der Waals surface area contributed by atoms with E-state index in [0.29, 0.717) is 10.8 Å². The van der Waals surface area contributed by atoms with Gasteiger partial charge in [0, 0.05) is 43.8 Å². The fourth-order valence-corrected chi connectivity index (χ4v) is 12.4. The van der Waals surface area contributed by atoms with E-state index in [1.165, 1.54) is 0 Å². The largest absolute Gasteiger partial charge is 0.507 e. The molecule has 1 aliphatic rings. The summed E-state index contributed by atoms with van der Waals surface area (Å²) >= 11 is 0. The second-order valence-corrected chi connectivity index (χ2v) is 18.2. The van der Waals surface area contributed by atoms with Crippen molar-refractivity contribution in [2.24, 2.45) is 0 Å². The Bertz CT molecular complexity index is 4610. The van der Waals surface area contributed by atoms with E-state index in [2.05, 4.69) is 0 Å². The minimum absolute atomic E-state index is 0.169. The van der Waals surface area contributed by atoms with Crippen LogP contribution in [0.25, 0.3) is 118 Å². The van der Waals surface area contributed by atoms with E-state index in [-0.39, 0.29) is 33.8 Å². The summed E-state index contributed by atoms with van der Waals surface area (Å²) in [7, 11) is 0. The van der Waals surface area contributed by atoms with Gasteiger partial charge in [0.05, 0.1) is 11.1 Å². The number of aromatic carboxylic acids is 2. The first-order chi connectivity index (χ1) is 32.0. The highest BCUT2D eigenvalue weighted by Gasteiger charge is 2.32. The van der Waals surface area contributed by atoms with Gasteiger partial charge in [-0.1, -0.05) is 84.9 Å². The SMILES string of the molecule is O=C(O)c1cc(C(=O)c2cc3ccc4ccc5c(O)cc6ccc7ccc2c2c7c6c5c4c32)c(C(=O)O)cc1C(=O)c1cc2ccc3ccc4c(O)cc5c6c7c(ccc1c7c2c3c46)CC5. The number of carbonyl (C=O) groups excluding carboxylic acids is 2. The monoisotopic (exact) mass is 852 g/mol. The number of benzene rings is 14. The molecule has 0 bridgehead atoms.